The Balaban J connectivity index is 2.00. The predicted molar refractivity (Wildman–Crippen MR) is 67.7 cm³/mol. The maximum atomic E-state index is 9.86. The molecule has 1 aliphatic heterocycles. The lowest BCUT2D eigenvalue weighted by molar-refractivity contribution is 0.121. The Hall–Kier alpha value is -0.800. The molecule has 1 aliphatic rings. The molecule has 0 spiro atoms. The fourth-order valence-electron chi connectivity index (χ4n) is 2.75. The highest BCUT2D eigenvalue weighted by molar-refractivity contribution is 5.05. The summed E-state index contributed by atoms with van der Waals surface area (Å²) in [5, 5.41) is 9.86. The van der Waals surface area contributed by atoms with Gasteiger partial charge in [-0.25, -0.2) is 0 Å². The van der Waals surface area contributed by atoms with Crippen molar-refractivity contribution >= 4 is 0 Å². The van der Waals surface area contributed by atoms with E-state index in [1.165, 1.54) is 0 Å². The van der Waals surface area contributed by atoms with Gasteiger partial charge in [-0.3, -0.25) is 4.90 Å². The largest absolute Gasteiger partial charge is 0.465 e. The van der Waals surface area contributed by atoms with Crippen molar-refractivity contribution in [3.63, 3.8) is 0 Å². The number of aryl methyl sites for hydroxylation is 1. The lowest BCUT2D eigenvalue weighted by Gasteiger charge is -2.29. The van der Waals surface area contributed by atoms with E-state index in [1.54, 1.807) is 0 Å². The summed E-state index contributed by atoms with van der Waals surface area (Å²) >= 11 is 0. The molecule has 0 radical (unpaired) electrons. The molecule has 3 heteroatoms. The lowest BCUT2D eigenvalue weighted by Crippen LogP contribution is -2.32. The van der Waals surface area contributed by atoms with Crippen molar-refractivity contribution in [2.24, 2.45) is 5.41 Å². The van der Waals surface area contributed by atoms with Gasteiger partial charge in [-0.2, -0.15) is 0 Å². The van der Waals surface area contributed by atoms with Gasteiger partial charge in [-0.15, -0.1) is 0 Å². The second kappa shape index (κ2) is 4.83. The quantitative estimate of drug-likeness (QED) is 0.859. The van der Waals surface area contributed by atoms with E-state index >= 15 is 0 Å². The number of likely N-dealkylation sites (tertiary alicyclic amines) is 1. The Morgan fingerprint density at radius 3 is 2.88 bits per heavy atom. The van der Waals surface area contributed by atoms with Crippen LogP contribution in [0.25, 0.3) is 0 Å². The van der Waals surface area contributed by atoms with Crippen molar-refractivity contribution in [2.75, 3.05) is 13.1 Å². The average molecular weight is 237 g/mol. The van der Waals surface area contributed by atoms with Gasteiger partial charge >= 0.3 is 0 Å². The van der Waals surface area contributed by atoms with E-state index in [-0.39, 0.29) is 11.5 Å². The smallest absolute Gasteiger partial charge is 0.118 e. The van der Waals surface area contributed by atoms with Crippen LogP contribution in [0, 0.1) is 12.3 Å². The lowest BCUT2D eigenvalue weighted by atomic mass is 9.87. The minimum Gasteiger partial charge on any atom is -0.465 e. The van der Waals surface area contributed by atoms with Crippen LogP contribution in [0.15, 0.2) is 16.5 Å². The minimum absolute atomic E-state index is 0.159. The van der Waals surface area contributed by atoms with Crippen LogP contribution in [0.5, 0.6) is 0 Å². The summed E-state index contributed by atoms with van der Waals surface area (Å²) in [6, 6.07) is 4.05. The molecule has 2 rings (SSSR count). The third kappa shape index (κ3) is 3.58. The molecule has 1 saturated heterocycles. The van der Waals surface area contributed by atoms with E-state index < -0.39 is 0 Å². The first-order valence-electron chi connectivity index (χ1n) is 6.40. The van der Waals surface area contributed by atoms with Crippen LogP contribution in [-0.4, -0.2) is 29.2 Å². The summed E-state index contributed by atoms with van der Waals surface area (Å²) in [6.45, 7) is 9.24. The van der Waals surface area contributed by atoms with Crippen LogP contribution in [0.4, 0.5) is 0 Å². The van der Waals surface area contributed by atoms with Crippen LogP contribution < -0.4 is 0 Å². The van der Waals surface area contributed by atoms with Gasteiger partial charge in [0.05, 0.1) is 12.6 Å². The van der Waals surface area contributed by atoms with Crippen LogP contribution in [0.3, 0.4) is 0 Å². The fraction of sp³-hybridized carbons (Fsp3) is 0.714. The minimum atomic E-state index is -0.159. The Morgan fingerprint density at radius 2 is 2.24 bits per heavy atom. The molecule has 96 valence electrons. The van der Waals surface area contributed by atoms with E-state index in [9.17, 15) is 5.11 Å². The normalized spacial score (nSPS) is 25.8. The Kier molecular flexibility index (Phi) is 3.59. The van der Waals surface area contributed by atoms with Gasteiger partial charge in [0.2, 0.25) is 0 Å². The van der Waals surface area contributed by atoms with E-state index in [0.717, 1.165) is 44.0 Å². The molecule has 1 aromatic heterocycles. The number of aliphatic hydroxyl groups excluding tert-OH is 1. The molecule has 0 aliphatic carbocycles. The Bertz CT molecular complexity index is 370. The first kappa shape index (κ1) is 12.7. The van der Waals surface area contributed by atoms with Crippen LogP contribution in [0.1, 0.15) is 38.2 Å². The number of aliphatic hydroxyl groups is 1. The molecule has 0 aromatic carbocycles. The molecule has 1 N–H and O–H groups in total. The van der Waals surface area contributed by atoms with Crippen LogP contribution in [0.2, 0.25) is 0 Å². The number of rotatable bonds is 2. The van der Waals surface area contributed by atoms with Crippen molar-refractivity contribution in [1.82, 2.24) is 4.90 Å². The zero-order valence-corrected chi connectivity index (χ0v) is 11.1. The second-order valence-electron chi connectivity index (χ2n) is 6.03. The van der Waals surface area contributed by atoms with Crippen LogP contribution >= 0.6 is 0 Å². The third-order valence-electron chi connectivity index (χ3n) is 3.39. The van der Waals surface area contributed by atoms with E-state index in [4.69, 9.17) is 4.42 Å². The number of hydrogen-bond donors (Lipinski definition) is 1. The van der Waals surface area contributed by atoms with Gasteiger partial charge in [0.25, 0.3) is 0 Å². The topological polar surface area (TPSA) is 36.6 Å². The van der Waals surface area contributed by atoms with Gasteiger partial charge < -0.3 is 9.52 Å². The van der Waals surface area contributed by atoms with Crippen molar-refractivity contribution in [3.8, 4) is 0 Å². The highest BCUT2D eigenvalue weighted by Gasteiger charge is 2.29. The molecule has 17 heavy (non-hydrogen) atoms. The molecular weight excluding hydrogens is 214 g/mol. The second-order valence-corrected chi connectivity index (χ2v) is 6.03. The van der Waals surface area contributed by atoms with Crippen molar-refractivity contribution in [3.05, 3.63) is 23.7 Å². The van der Waals surface area contributed by atoms with Gasteiger partial charge in [0.1, 0.15) is 11.5 Å². The Labute approximate surface area is 103 Å². The standard InChI is InChI=1S/C14H23NO2/c1-11-4-5-13(17-11)9-15-7-6-12(16)8-14(2,3)10-15/h4-5,12,16H,6-10H2,1-3H3/t12-/m0/s1. The van der Waals surface area contributed by atoms with E-state index in [0.29, 0.717) is 0 Å². The molecule has 0 unspecified atom stereocenters. The van der Waals surface area contributed by atoms with Gasteiger partial charge in [0.15, 0.2) is 0 Å². The van der Waals surface area contributed by atoms with Crippen LogP contribution in [-0.2, 0) is 6.54 Å². The zero-order valence-electron chi connectivity index (χ0n) is 11.1. The van der Waals surface area contributed by atoms with E-state index in [1.807, 2.05) is 19.1 Å². The third-order valence-corrected chi connectivity index (χ3v) is 3.39. The summed E-state index contributed by atoms with van der Waals surface area (Å²) in [4.78, 5) is 2.38. The zero-order chi connectivity index (χ0) is 12.5. The summed E-state index contributed by atoms with van der Waals surface area (Å²) in [6.07, 6.45) is 1.59. The summed E-state index contributed by atoms with van der Waals surface area (Å²) in [5.41, 5.74) is 0.178. The summed E-state index contributed by atoms with van der Waals surface area (Å²) in [5.74, 6) is 1.99. The van der Waals surface area contributed by atoms with E-state index in [2.05, 4.69) is 18.7 Å². The first-order chi connectivity index (χ1) is 7.94. The highest BCUT2D eigenvalue weighted by atomic mass is 16.3. The predicted octanol–water partition coefficient (Wildman–Crippen LogP) is 2.57. The molecule has 0 saturated carbocycles. The molecule has 2 heterocycles. The number of furan rings is 1. The van der Waals surface area contributed by atoms with Gasteiger partial charge in [0, 0.05) is 13.1 Å². The van der Waals surface area contributed by atoms with Crippen molar-refractivity contribution < 1.29 is 9.52 Å². The highest BCUT2D eigenvalue weighted by Crippen LogP contribution is 2.29. The molecule has 1 fully saturated rings. The molecule has 1 aromatic rings. The SMILES string of the molecule is Cc1ccc(CN2CC[C@H](O)CC(C)(C)C2)o1. The molecule has 0 amide bonds. The molecular formula is C14H23NO2. The monoisotopic (exact) mass is 237 g/mol. The fourth-order valence-corrected chi connectivity index (χ4v) is 2.75. The first-order valence-corrected chi connectivity index (χ1v) is 6.40. The number of nitrogens with zero attached hydrogens (tertiary/aromatic N) is 1. The average Bonchev–Trinajstić information content (AvgIpc) is 2.53. The molecule has 1 atom stereocenters. The maximum Gasteiger partial charge on any atom is 0.118 e. The number of hydrogen-bond acceptors (Lipinski definition) is 3. The Morgan fingerprint density at radius 1 is 1.47 bits per heavy atom. The van der Waals surface area contributed by atoms with Crippen molar-refractivity contribution in [2.45, 2.75) is 46.3 Å². The van der Waals surface area contributed by atoms with Crippen molar-refractivity contribution in [1.29, 1.82) is 0 Å². The van der Waals surface area contributed by atoms with Gasteiger partial charge in [-0.05, 0) is 37.3 Å². The summed E-state index contributed by atoms with van der Waals surface area (Å²) < 4.78 is 5.62. The maximum absolute atomic E-state index is 9.86. The molecule has 3 nitrogen and oxygen atoms in total. The van der Waals surface area contributed by atoms with Gasteiger partial charge in [-0.1, -0.05) is 13.8 Å². The molecule has 0 bridgehead atoms. The summed E-state index contributed by atoms with van der Waals surface area (Å²) in [7, 11) is 0.